The molecule has 35 heavy (non-hydrogen) atoms. The van der Waals surface area contributed by atoms with Gasteiger partial charge in [0.05, 0.1) is 0 Å². The van der Waals surface area contributed by atoms with Crippen LogP contribution in [0.5, 0.6) is 0 Å². The number of carbonyl (C=O) groups excluding carboxylic acids is 1. The van der Waals surface area contributed by atoms with Crippen LogP contribution < -0.4 is 4.72 Å². The minimum Gasteiger partial charge on any atom is -0.480 e. The Morgan fingerprint density at radius 1 is 1.09 bits per heavy atom. The van der Waals surface area contributed by atoms with Crippen molar-refractivity contribution in [2.45, 2.75) is 31.2 Å². The van der Waals surface area contributed by atoms with Crippen LogP contribution in [0, 0.1) is 5.92 Å². The molecule has 3 aromatic rings. The van der Waals surface area contributed by atoms with Crippen molar-refractivity contribution in [3.05, 3.63) is 90.2 Å². The maximum absolute atomic E-state index is 13.5. The third-order valence-electron chi connectivity index (χ3n) is 5.79. The first-order valence-corrected chi connectivity index (χ1v) is 12.5. The van der Waals surface area contributed by atoms with Crippen LogP contribution in [-0.2, 0) is 19.6 Å². The highest BCUT2D eigenvalue weighted by molar-refractivity contribution is 7.91. The Labute approximate surface area is 203 Å². The van der Waals surface area contributed by atoms with Gasteiger partial charge in [-0.1, -0.05) is 74.5 Å². The molecule has 0 spiro atoms. The van der Waals surface area contributed by atoms with E-state index in [0.29, 0.717) is 11.0 Å². The van der Waals surface area contributed by atoms with Crippen molar-refractivity contribution in [2.75, 3.05) is 0 Å². The normalized spacial score (nSPS) is 18.9. The number of furan rings is 1. The van der Waals surface area contributed by atoms with Crippen molar-refractivity contribution in [2.24, 2.45) is 5.92 Å². The Bertz CT molecular complexity index is 1390. The van der Waals surface area contributed by atoms with Crippen LogP contribution in [0.2, 0.25) is 0 Å². The number of allylic oxidation sites excluding steroid dienone is 2. The molecule has 0 amide bonds. The molecule has 1 heterocycles. The van der Waals surface area contributed by atoms with Gasteiger partial charge < -0.3 is 14.3 Å². The number of para-hydroxylation sites is 1. The van der Waals surface area contributed by atoms with E-state index in [9.17, 15) is 23.1 Å². The van der Waals surface area contributed by atoms with Crippen molar-refractivity contribution < 1.29 is 32.3 Å². The first-order valence-electron chi connectivity index (χ1n) is 11.0. The van der Waals surface area contributed by atoms with Crippen LogP contribution in [0.4, 0.5) is 0 Å². The van der Waals surface area contributed by atoms with Crippen LogP contribution in [0.3, 0.4) is 0 Å². The molecule has 1 aliphatic carbocycles. The Hall–Kier alpha value is -3.69. The van der Waals surface area contributed by atoms with E-state index in [1.54, 1.807) is 50.3 Å². The zero-order valence-corrected chi connectivity index (χ0v) is 20.0. The number of carboxylic acid groups (broad SMARTS) is 1. The Morgan fingerprint density at radius 3 is 2.37 bits per heavy atom. The molecule has 0 fully saturated rings. The number of carbonyl (C=O) groups is 2. The second kappa shape index (κ2) is 9.52. The highest BCUT2D eigenvalue weighted by Gasteiger charge is 2.48. The summed E-state index contributed by atoms with van der Waals surface area (Å²) in [5, 5.41) is 10.2. The summed E-state index contributed by atoms with van der Waals surface area (Å²) in [5.41, 5.74) is 2.05. The van der Waals surface area contributed by atoms with Gasteiger partial charge in [0.15, 0.2) is 0 Å². The second-order valence-electron chi connectivity index (χ2n) is 8.59. The number of hydrogen-bond donors (Lipinski definition) is 2. The molecule has 8 nitrogen and oxygen atoms in total. The van der Waals surface area contributed by atoms with Crippen molar-refractivity contribution in [3.8, 4) is 0 Å². The molecule has 0 bridgehead atoms. The van der Waals surface area contributed by atoms with Gasteiger partial charge in [0.2, 0.25) is 10.7 Å². The summed E-state index contributed by atoms with van der Waals surface area (Å²) in [6.45, 7) is 3.16. The summed E-state index contributed by atoms with van der Waals surface area (Å²) < 4.78 is 40.5. The summed E-state index contributed by atoms with van der Waals surface area (Å²) in [7, 11) is -4.52. The lowest BCUT2D eigenvalue weighted by atomic mass is 9.98. The van der Waals surface area contributed by atoms with Gasteiger partial charge in [-0.25, -0.2) is 13.2 Å². The van der Waals surface area contributed by atoms with Gasteiger partial charge >= 0.3 is 11.9 Å². The Kier molecular flexibility index (Phi) is 6.64. The fourth-order valence-corrected chi connectivity index (χ4v) is 5.45. The highest BCUT2D eigenvalue weighted by atomic mass is 32.2. The molecule has 4 rings (SSSR count). The van der Waals surface area contributed by atoms with E-state index >= 15 is 0 Å². The number of aliphatic carboxylic acids is 1. The van der Waals surface area contributed by atoms with E-state index in [-0.39, 0.29) is 12.2 Å². The minimum absolute atomic E-state index is 0.161. The maximum atomic E-state index is 13.5. The smallest absolute Gasteiger partial charge is 0.376 e. The van der Waals surface area contributed by atoms with Crippen molar-refractivity contribution in [1.29, 1.82) is 0 Å². The molecule has 1 aliphatic rings. The quantitative estimate of drug-likeness (QED) is 0.445. The Balaban J connectivity index is 1.71. The van der Waals surface area contributed by atoms with Crippen LogP contribution >= 0.6 is 0 Å². The minimum atomic E-state index is -4.52. The van der Waals surface area contributed by atoms with E-state index in [1.165, 1.54) is 12.1 Å². The molecule has 0 radical (unpaired) electrons. The molecule has 182 valence electrons. The molecule has 2 unspecified atom stereocenters. The number of fused-ring (bicyclic) bond motifs is 1. The van der Waals surface area contributed by atoms with Gasteiger partial charge in [0.1, 0.15) is 11.6 Å². The molecule has 2 N–H and O–H groups in total. The van der Waals surface area contributed by atoms with Gasteiger partial charge in [0.25, 0.3) is 10.0 Å². The van der Waals surface area contributed by atoms with Crippen molar-refractivity contribution >= 4 is 38.5 Å². The summed E-state index contributed by atoms with van der Waals surface area (Å²) >= 11 is 0. The number of sulfonamides is 1. The number of hydrogen-bond acceptors (Lipinski definition) is 6. The predicted molar refractivity (Wildman–Crippen MR) is 131 cm³/mol. The monoisotopic (exact) mass is 495 g/mol. The molecular weight excluding hydrogens is 470 g/mol. The maximum Gasteiger partial charge on any atom is 0.376 e. The van der Waals surface area contributed by atoms with Gasteiger partial charge in [-0.3, -0.25) is 4.79 Å². The van der Waals surface area contributed by atoms with E-state index in [1.807, 2.05) is 30.3 Å². The molecule has 9 heteroatoms. The standard InChI is InChI=1S/C26H25NO7S/c1-17(2)23(24(28)29)27-35(31,32)26(14-12-19(13-15-26)18-8-4-3-5-9-18)34-25(30)22-16-20-10-6-7-11-21(20)33-22/h3-14,16-17,23,27H,15H2,1-2H3,(H,28,29). The fraction of sp³-hybridized carbons (Fsp3) is 0.231. The van der Waals surface area contributed by atoms with Crippen molar-refractivity contribution in [3.63, 3.8) is 0 Å². The third-order valence-corrected chi connectivity index (χ3v) is 7.65. The van der Waals surface area contributed by atoms with Crippen molar-refractivity contribution in [1.82, 2.24) is 4.72 Å². The average molecular weight is 496 g/mol. The lowest BCUT2D eigenvalue weighted by Crippen LogP contribution is -2.54. The van der Waals surface area contributed by atoms with Crippen LogP contribution in [0.15, 0.2) is 83.3 Å². The topological polar surface area (TPSA) is 123 Å². The summed E-state index contributed by atoms with van der Waals surface area (Å²) in [6, 6.07) is 16.3. The lowest BCUT2D eigenvalue weighted by Gasteiger charge is -2.33. The van der Waals surface area contributed by atoms with E-state index in [4.69, 9.17) is 9.15 Å². The summed E-state index contributed by atoms with van der Waals surface area (Å²) in [5.74, 6) is -3.02. The van der Waals surface area contributed by atoms with E-state index in [0.717, 1.165) is 11.1 Å². The number of nitrogens with one attached hydrogen (secondary N) is 1. The second-order valence-corrected chi connectivity index (χ2v) is 10.5. The predicted octanol–water partition coefficient (Wildman–Crippen LogP) is 4.36. The molecule has 1 aromatic heterocycles. The Morgan fingerprint density at radius 2 is 1.77 bits per heavy atom. The first kappa shape index (κ1) is 24.4. The number of benzene rings is 2. The number of rotatable bonds is 8. The largest absolute Gasteiger partial charge is 0.480 e. The first-order chi connectivity index (χ1) is 16.6. The number of ether oxygens (including phenoxy) is 1. The lowest BCUT2D eigenvalue weighted by molar-refractivity contribution is -0.140. The molecule has 2 aromatic carbocycles. The zero-order chi connectivity index (χ0) is 25.2. The van der Waals surface area contributed by atoms with Crippen LogP contribution in [0.25, 0.3) is 16.5 Å². The third kappa shape index (κ3) is 4.91. The molecule has 0 saturated carbocycles. The molecule has 0 aliphatic heterocycles. The molecular formula is C26H25NO7S. The van der Waals surface area contributed by atoms with Gasteiger partial charge in [0, 0.05) is 11.8 Å². The van der Waals surface area contributed by atoms with Crippen LogP contribution in [0.1, 0.15) is 36.4 Å². The summed E-state index contributed by atoms with van der Waals surface area (Å²) in [6.07, 6.45) is 4.25. The summed E-state index contributed by atoms with van der Waals surface area (Å²) in [4.78, 5) is 22.6. The average Bonchev–Trinajstić information content (AvgIpc) is 3.28. The highest BCUT2D eigenvalue weighted by Crippen LogP contribution is 2.35. The molecule has 2 atom stereocenters. The van der Waals surface area contributed by atoms with Gasteiger partial charge in [-0.15, -0.1) is 0 Å². The zero-order valence-electron chi connectivity index (χ0n) is 19.2. The van der Waals surface area contributed by atoms with Gasteiger partial charge in [-0.05, 0) is 35.3 Å². The SMILES string of the molecule is CC(C)C(NS(=O)(=O)C1(OC(=O)c2cc3ccccc3o2)C=CC(c2ccccc2)=CC1)C(=O)O. The fourth-order valence-electron chi connectivity index (χ4n) is 3.81. The number of carboxylic acids is 1. The molecule has 0 saturated heterocycles. The van der Waals surface area contributed by atoms with E-state index < -0.39 is 38.9 Å². The number of esters is 1. The van der Waals surface area contributed by atoms with E-state index in [2.05, 4.69) is 4.72 Å². The van der Waals surface area contributed by atoms with Gasteiger partial charge in [-0.2, -0.15) is 4.72 Å². The van der Waals surface area contributed by atoms with Crippen LogP contribution in [-0.4, -0.2) is 36.4 Å².